The van der Waals surface area contributed by atoms with Gasteiger partial charge in [-0.3, -0.25) is 0 Å². The first-order valence-corrected chi connectivity index (χ1v) is 14.0. The summed E-state index contributed by atoms with van der Waals surface area (Å²) in [4.78, 5) is 0. The molecule has 3 aromatic rings. The zero-order valence-corrected chi connectivity index (χ0v) is 16.6. The summed E-state index contributed by atoms with van der Waals surface area (Å²) in [5.41, 5.74) is 2.70. The van der Waals surface area contributed by atoms with Gasteiger partial charge in [-0.2, -0.15) is 0 Å². The van der Waals surface area contributed by atoms with E-state index in [9.17, 15) is 0 Å². The Balaban J connectivity index is 1.85. The molecule has 0 aliphatic heterocycles. The highest BCUT2D eigenvalue weighted by Gasteiger charge is 2.23. The van der Waals surface area contributed by atoms with E-state index in [4.69, 9.17) is 4.12 Å². The summed E-state index contributed by atoms with van der Waals surface area (Å²) in [5.74, 6) is 0. The maximum absolute atomic E-state index is 6.26. The van der Waals surface area contributed by atoms with E-state index in [0.717, 1.165) is 6.54 Å². The maximum atomic E-state index is 6.26. The lowest BCUT2D eigenvalue weighted by Gasteiger charge is -2.25. The predicted octanol–water partition coefficient (Wildman–Crippen LogP) is 5.66. The van der Waals surface area contributed by atoms with Gasteiger partial charge in [0.05, 0.1) is 0 Å². The number of hydrogen-bond acceptors (Lipinski definition) is 1. The molecule has 1 heterocycles. The minimum absolute atomic E-state index is 0.589. The third kappa shape index (κ3) is 3.60. The van der Waals surface area contributed by atoms with Gasteiger partial charge in [-0.1, -0.05) is 36.4 Å². The van der Waals surface area contributed by atoms with Crippen LogP contribution in [0.2, 0.25) is 32.2 Å². The van der Waals surface area contributed by atoms with E-state index in [1.54, 1.807) is 0 Å². The van der Waals surface area contributed by atoms with E-state index in [1.807, 2.05) is 0 Å². The van der Waals surface area contributed by atoms with Crippen molar-refractivity contribution in [2.24, 2.45) is 0 Å². The Morgan fingerprint density at radius 1 is 0.913 bits per heavy atom. The predicted molar refractivity (Wildman–Crippen MR) is 105 cm³/mol. The molecule has 0 bridgehead atoms. The summed E-state index contributed by atoms with van der Waals surface area (Å²) in [6.07, 6.45) is 1.19. The van der Waals surface area contributed by atoms with Crippen LogP contribution in [0.15, 0.2) is 48.5 Å². The molecule has 121 valence electrons. The number of rotatable bonds is 6. The number of hydrogen-bond donors (Lipinski definition) is 0. The summed E-state index contributed by atoms with van der Waals surface area (Å²) in [7, 11) is -2.09. The fourth-order valence-electron chi connectivity index (χ4n) is 3.51. The summed E-state index contributed by atoms with van der Waals surface area (Å²) >= 11 is 0. The van der Waals surface area contributed by atoms with Crippen molar-refractivity contribution in [1.82, 2.24) is 4.57 Å². The number of aromatic nitrogens is 1. The molecule has 4 heteroatoms. The Labute approximate surface area is 141 Å². The standard InChI is InChI=1S/C19H26NOSi2/c1-22(2)21-23(3,4)15-9-14-20-18-12-7-5-10-16(18)17-11-6-8-13-19(17)20/h5-8,10-13H,9,14-15H2,1-4H3. The van der Waals surface area contributed by atoms with Crippen LogP contribution in [-0.2, 0) is 10.7 Å². The van der Waals surface area contributed by atoms with Crippen molar-refractivity contribution in [2.75, 3.05) is 0 Å². The molecule has 0 amide bonds. The number of aryl methyl sites for hydroxylation is 1. The highest BCUT2D eigenvalue weighted by Crippen LogP contribution is 2.29. The quantitative estimate of drug-likeness (QED) is 0.528. The van der Waals surface area contributed by atoms with Crippen molar-refractivity contribution in [3.05, 3.63) is 48.5 Å². The topological polar surface area (TPSA) is 14.2 Å². The van der Waals surface area contributed by atoms with Gasteiger partial charge in [0.15, 0.2) is 17.4 Å². The normalized spacial score (nSPS) is 12.6. The Morgan fingerprint density at radius 2 is 1.43 bits per heavy atom. The first-order chi connectivity index (χ1) is 11.0. The highest BCUT2D eigenvalue weighted by atomic mass is 28.4. The van der Waals surface area contributed by atoms with Gasteiger partial charge in [0, 0.05) is 28.4 Å². The third-order valence-corrected chi connectivity index (χ3v) is 9.72. The molecule has 2 nitrogen and oxygen atoms in total. The largest absolute Gasteiger partial charge is 0.456 e. The van der Waals surface area contributed by atoms with Gasteiger partial charge < -0.3 is 8.68 Å². The lowest BCUT2D eigenvalue weighted by Crippen LogP contribution is -2.35. The van der Waals surface area contributed by atoms with E-state index in [0.29, 0.717) is 0 Å². The molecule has 0 fully saturated rings. The van der Waals surface area contributed by atoms with E-state index < -0.39 is 17.4 Å². The van der Waals surface area contributed by atoms with E-state index in [1.165, 1.54) is 34.3 Å². The molecule has 0 spiro atoms. The van der Waals surface area contributed by atoms with Crippen molar-refractivity contribution in [3.63, 3.8) is 0 Å². The lowest BCUT2D eigenvalue weighted by molar-refractivity contribution is 0.559. The van der Waals surface area contributed by atoms with Gasteiger partial charge in [-0.25, -0.2) is 0 Å². The molecule has 3 rings (SSSR count). The fourth-order valence-corrected chi connectivity index (χ4v) is 9.35. The zero-order valence-electron chi connectivity index (χ0n) is 14.6. The van der Waals surface area contributed by atoms with Gasteiger partial charge in [-0.15, -0.1) is 0 Å². The smallest absolute Gasteiger partial charge is 0.191 e. The third-order valence-electron chi connectivity index (χ3n) is 4.32. The Bertz CT molecular complexity index is 754. The number of para-hydroxylation sites is 2. The molecular formula is C19H26NOSi2. The molecule has 0 atom stereocenters. The molecule has 0 saturated heterocycles. The summed E-state index contributed by atoms with van der Waals surface area (Å²) < 4.78 is 8.75. The number of fused-ring (bicyclic) bond motifs is 3. The van der Waals surface area contributed by atoms with Crippen molar-refractivity contribution >= 4 is 39.2 Å². The number of nitrogens with zero attached hydrogens (tertiary/aromatic N) is 1. The van der Waals surface area contributed by atoms with Crippen molar-refractivity contribution < 1.29 is 4.12 Å². The minimum Gasteiger partial charge on any atom is -0.456 e. The molecule has 0 unspecified atom stereocenters. The molecular weight excluding hydrogens is 314 g/mol. The van der Waals surface area contributed by atoms with Crippen LogP contribution >= 0.6 is 0 Å². The van der Waals surface area contributed by atoms with Crippen LogP contribution < -0.4 is 0 Å². The van der Waals surface area contributed by atoms with Crippen molar-refractivity contribution in [3.8, 4) is 0 Å². The molecule has 0 saturated carbocycles. The Morgan fingerprint density at radius 3 is 1.96 bits per heavy atom. The van der Waals surface area contributed by atoms with E-state index >= 15 is 0 Å². The van der Waals surface area contributed by atoms with Crippen LogP contribution in [0.5, 0.6) is 0 Å². The Kier molecular flexibility index (Phi) is 4.75. The summed E-state index contributed by atoms with van der Waals surface area (Å²) in [6.45, 7) is 10.3. The van der Waals surface area contributed by atoms with Gasteiger partial charge in [0.2, 0.25) is 0 Å². The number of benzene rings is 2. The van der Waals surface area contributed by atoms with Crippen LogP contribution in [0.4, 0.5) is 0 Å². The monoisotopic (exact) mass is 340 g/mol. The molecule has 1 radical (unpaired) electrons. The first kappa shape index (κ1) is 16.5. The van der Waals surface area contributed by atoms with Gasteiger partial charge >= 0.3 is 0 Å². The average molecular weight is 341 g/mol. The summed E-state index contributed by atoms with van der Waals surface area (Å²) in [5, 5.41) is 2.73. The first-order valence-electron chi connectivity index (χ1n) is 8.43. The van der Waals surface area contributed by atoms with Gasteiger partial charge in [0.25, 0.3) is 0 Å². The average Bonchev–Trinajstić information content (AvgIpc) is 2.81. The molecule has 0 aliphatic rings. The van der Waals surface area contributed by atoms with Gasteiger partial charge in [0.1, 0.15) is 0 Å². The molecule has 1 aromatic heterocycles. The zero-order chi connectivity index (χ0) is 16.4. The molecule has 0 N–H and O–H groups in total. The van der Waals surface area contributed by atoms with Crippen LogP contribution in [-0.4, -0.2) is 21.9 Å². The van der Waals surface area contributed by atoms with Crippen LogP contribution in [0.1, 0.15) is 6.42 Å². The molecule has 0 aliphatic carbocycles. The highest BCUT2D eigenvalue weighted by molar-refractivity contribution is 6.77. The fraction of sp³-hybridized carbons (Fsp3) is 0.368. The van der Waals surface area contributed by atoms with Crippen molar-refractivity contribution in [1.29, 1.82) is 0 Å². The van der Waals surface area contributed by atoms with Crippen LogP contribution in [0, 0.1) is 0 Å². The van der Waals surface area contributed by atoms with Crippen molar-refractivity contribution in [2.45, 2.75) is 45.2 Å². The lowest BCUT2D eigenvalue weighted by atomic mass is 10.2. The maximum Gasteiger partial charge on any atom is 0.191 e. The van der Waals surface area contributed by atoms with E-state index in [2.05, 4.69) is 79.3 Å². The molecule has 2 aromatic carbocycles. The van der Waals surface area contributed by atoms with Gasteiger partial charge in [-0.05, 0) is 50.8 Å². The van der Waals surface area contributed by atoms with Crippen LogP contribution in [0.25, 0.3) is 21.8 Å². The Hall–Kier alpha value is -1.37. The molecule has 23 heavy (non-hydrogen) atoms. The second-order valence-electron chi connectivity index (χ2n) is 7.06. The SMILES string of the molecule is C[Si](C)O[Si](C)(C)CCCn1c2ccccc2c2ccccc21. The summed E-state index contributed by atoms with van der Waals surface area (Å²) in [6, 6.07) is 18.7. The second-order valence-corrected chi connectivity index (χ2v) is 13.7. The second kappa shape index (κ2) is 6.63. The van der Waals surface area contributed by atoms with Crippen LogP contribution in [0.3, 0.4) is 0 Å². The minimum atomic E-state index is -1.50. The van der Waals surface area contributed by atoms with E-state index in [-0.39, 0.29) is 0 Å².